The number of carbonyl (C=O) groups is 1. The quantitative estimate of drug-likeness (QED) is 0.394. The molecule has 6 nitrogen and oxygen atoms in total. The Labute approximate surface area is 173 Å². The number of halogens is 1. The van der Waals surface area contributed by atoms with E-state index in [1.165, 1.54) is 55.6 Å². The van der Waals surface area contributed by atoms with E-state index in [9.17, 15) is 13.2 Å². The van der Waals surface area contributed by atoms with Gasteiger partial charge in [-0.25, -0.2) is 4.72 Å². The van der Waals surface area contributed by atoms with E-state index >= 15 is 0 Å². The van der Waals surface area contributed by atoms with Crippen LogP contribution in [0.4, 0.5) is 5.69 Å². The summed E-state index contributed by atoms with van der Waals surface area (Å²) in [4.78, 5) is 12.6. The van der Waals surface area contributed by atoms with Gasteiger partial charge in [-0.15, -0.1) is 0 Å². The molecule has 1 aliphatic carbocycles. The molecule has 2 atom stereocenters. The number of nitrogen functional groups attached to an aromatic ring is 1. The summed E-state index contributed by atoms with van der Waals surface area (Å²) in [6.45, 7) is 9.66. The number of carbonyl (C=O) groups excluding carboxylic acids is 1. The van der Waals surface area contributed by atoms with Gasteiger partial charge >= 0.3 is 9.24 Å². The number of amides is 1. The highest BCUT2D eigenvalue weighted by atomic mass is 35.7. The van der Waals surface area contributed by atoms with Gasteiger partial charge in [-0.1, -0.05) is 45.2 Å². The van der Waals surface area contributed by atoms with Gasteiger partial charge in [0.1, 0.15) is 0 Å². The number of fused-ring (bicyclic) bond motifs is 1. The number of unbranched alkanes of at least 4 members (excludes halogenated alkanes) is 3. The second-order valence-electron chi connectivity index (χ2n) is 8.04. The van der Waals surface area contributed by atoms with Crippen LogP contribution >= 0.6 is 10.7 Å². The second-order valence-corrected chi connectivity index (χ2v) is 10.3. The molecule has 2 aliphatic rings. The molecule has 28 heavy (non-hydrogen) atoms. The van der Waals surface area contributed by atoms with Crippen molar-refractivity contribution in [3.63, 3.8) is 0 Å². The van der Waals surface area contributed by atoms with Crippen LogP contribution in [0.5, 0.6) is 0 Å². The van der Waals surface area contributed by atoms with E-state index in [0.717, 1.165) is 24.4 Å². The molecule has 2 fully saturated rings. The van der Waals surface area contributed by atoms with E-state index in [4.69, 9.17) is 5.73 Å². The van der Waals surface area contributed by atoms with Crippen molar-refractivity contribution in [3.8, 4) is 0 Å². The fraction of sp³-hybridized carbons (Fsp3) is 0.650. The lowest BCUT2D eigenvalue weighted by Crippen LogP contribution is -2.29. The first-order valence-corrected chi connectivity index (χ1v) is 12.2. The van der Waals surface area contributed by atoms with Gasteiger partial charge in [0.2, 0.25) is 5.91 Å². The number of nitrogens with zero attached hydrogens (tertiary/aromatic N) is 1. The van der Waals surface area contributed by atoms with Crippen molar-refractivity contribution in [3.05, 3.63) is 29.8 Å². The number of anilines is 1. The molecule has 1 saturated carbocycles. The molecule has 0 bridgehead atoms. The van der Waals surface area contributed by atoms with Crippen molar-refractivity contribution < 1.29 is 13.2 Å². The van der Waals surface area contributed by atoms with Gasteiger partial charge in [-0.05, 0) is 42.5 Å². The van der Waals surface area contributed by atoms with Crippen LogP contribution in [0.2, 0.25) is 0 Å². The van der Waals surface area contributed by atoms with Gasteiger partial charge in [0.25, 0.3) is 0 Å². The summed E-state index contributed by atoms with van der Waals surface area (Å²) in [5.41, 5.74) is 8.71. The van der Waals surface area contributed by atoms with Gasteiger partial charge in [0.15, 0.2) is 0 Å². The molecular weight excluding hydrogens is 398 g/mol. The number of likely N-dealkylation sites (tertiary alicyclic amines) is 1. The third-order valence-corrected chi connectivity index (χ3v) is 6.69. The van der Waals surface area contributed by atoms with Gasteiger partial charge in [0, 0.05) is 41.8 Å². The molecule has 158 valence electrons. The monoisotopic (exact) mass is 429 g/mol. The molecule has 0 spiro atoms. The summed E-state index contributed by atoms with van der Waals surface area (Å²) in [6, 6.07) is 8.54. The molecule has 3 N–H and O–H groups in total. The van der Waals surface area contributed by atoms with Crippen LogP contribution in [0.3, 0.4) is 0 Å². The van der Waals surface area contributed by atoms with E-state index in [0.29, 0.717) is 5.41 Å². The molecule has 1 aliphatic heterocycles. The van der Waals surface area contributed by atoms with Crippen molar-refractivity contribution in [1.82, 2.24) is 9.62 Å². The molecule has 1 heterocycles. The Kier molecular flexibility index (Phi) is 7.76. The lowest BCUT2D eigenvalue weighted by molar-refractivity contribution is -0.117. The zero-order valence-corrected chi connectivity index (χ0v) is 18.5. The standard InChI is InChI=1S/C18H28N2.C2H4ClNO3S/c1-3-4-5-6-10-20-12-16-17(13-20)18(16,2)14-8-7-9-15(19)11-14;1-2(5)4-8(3,6)7/h7-9,11,16-17H,3-6,10,12-13,19H2,1-2H3;1H3,(H,4,5). The molecule has 3 rings (SSSR count). The largest absolute Gasteiger partial charge is 0.399 e. The second kappa shape index (κ2) is 9.46. The maximum absolute atomic E-state index is 9.88. The molecule has 0 radical (unpaired) electrons. The van der Waals surface area contributed by atoms with Crippen LogP contribution in [-0.2, 0) is 19.4 Å². The number of piperidine rings is 1. The van der Waals surface area contributed by atoms with Crippen LogP contribution in [0, 0.1) is 11.8 Å². The fourth-order valence-corrected chi connectivity index (χ4v) is 5.05. The van der Waals surface area contributed by atoms with Crippen molar-refractivity contribution in [2.75, 3.05) is 25.4 Å². The molecule has 2 unspecified atom stereocenters. The van der Waals surface area contributed by atoms with Crippen LogP contribution < -0.4 is 10.5 Å². The Balaban J connectivity index is 0.000000300. The number of rotatable bonds is 7. The average Bonchev–Trinajstić information content (AvgIpc) is 2.93. The minimum atomic E-state index is -3.85. The molecule has 1 aromatic carbocycles. The predicted octanol–water partition coefficient (Wildman–Crippen LogP) is 3.27. The van der Waals surface area contributed by atoms with E-state index in [-0.39, 0.29) is 0 Å². The summed E-state index contributed by atoms with van der Waals surface area (Å²) in [7, 11) is 0.718. The van der Waals surface area contributed by atoms with Crippen LogP contribution in [0.25, 0.3) is 0 Å². The third-order valence-electron chi connectivity index (χ3n) is 5.93. The zero-order valence-electron chi connectivity index (χ0n) is 16.9. The molecule has 0 aromatic heterocycles. The zero-order chi connectivity index (χ0) is 20.9. The Morgan fingerprint density at radius 2 is 1.93 bits per heavy atom. The predicted molar refractivity (Wildman–Crippen MR) is 114 cm³/mol. The number of benzene rings is 1. The normalized spacial score (nSPS) is 26.1. The van der Waals surface area contributed by atoms with Gasteiger partial charge in [-0.3, -0.25) is 4.79 Å². The van der Waals surface area contributed by atoms with Crippen LogP contribution in [0.15, 0.2) is 24.3 Å². The van der Waals surface area contributed by atoms with Crippen LogP contribution in [-0.4, -0.2) is 38.9 Å². The van der Waals surface area contributed by atoms with E-state index in [1.807, 2.05) is 6.07 Å². The average molecular weight is 430 g/mol. The van der Waals surface area contributed by atoms with Crippen molar-refractivity contribution in [2.45, 2.75) is 51.9 Å². The Morgan fingerprint density at radius 1 is 1.29 bits per heavy atom. The number of hydrogen-bond donors (Lipinski definition) is 2. The van der Waals surface area contributed by atoms with E-state index < -0.39 is 15.1 Å². The summed E-state index contributed by atoms with van der Waals surface area (Å²) in [6.07, 6.45) is 5.50. The van der Waals surface area contributed by atoms with Gasteiger partial charge in [-0.2, -0.15) is 8.42 Å². The maximum Gasteiger partial charge on any atom is 0.321 e. The topological polar surface area (TPSA) is 92.5 Å². The molecule has 1 saturated heterocycles. The highest BCUT2D eigenvalue weighted by molar-refractivity contribution is 8.12. The van der Waals surface area contributed by atoms with Crippen LogP contribution in [0.1, 0.15) is 52.0 Å². The van der Waals surface area contributed by atoms with Crippen molar-refractivity contribution >= 4 is 31.5 Å². The molecule has 1 aromatic rings. The first-order valence-electron chi connectivity index (χ1n) is 9.89. The lowest BCUT2D eigenvalue weighted by Gasteiger charge is -2.24. The Hall–Kier alpha value is -1.31. The number of nitrogens with two attached hydrogens (primary N) is 1. The van der Waals surface area contributed by atoms with Crippen molar-refractivity contribution in [2.24, 2.45) is 11.8 Å². The smallest absolute Gasteiger partial charge is 0.321 e. The first-order chi connectivity index (χ1) is 13.1. The first kappa shape index (κ1) is 23.0. The SMILES string of the molecule is CC(=O)NS(=O)(=O)Cl.CCCCCCN1CC2C(C1)C2(C)c1cccc(N)c1. The highest BCUT2D eigenvalue weighted by Gasteiger charge is 2.65. The molecule has 1 amide bonds. The van der Waals surface area contributed by atoms with Crippen molar-refractivity contribution in [1.29, 1.82) is 0 Å². The Bertz CT molecular complexity index is 773. The maximum atomic E-state index is 9.88. The highest BCUT2D eigenvalue weighted by Crippen LogP contribution is 2.63. The van der Waals surface area contributed by atoms with E-state index in [2.05, 4.69) is 47.6 Å². The third kappa shape index (κ3) is 6.09. The molecule has 8 heteroatoms. The minimum absolute atomic E-state index is 0.398. The summed E-state index contributed by atoms with van der Waals surface area (Å²) in [5.74, 6) is 1.02. The number of hydrogen-bond acceptors (Lipinski definition) is 5. The van der Waals surface area contributed by atoms with E-state index in [1.54, 1.807) is 0 Å². The minimum Gasteiger partial charge on any atom is -0.399 e. The van der Waals surface area contributed by atoms with Gasteiger partial charge < -0.3 is 10.6 Å². The summed E-state index contributed by atoms with van der Waals surface area (Å²) >= 11 is 0. The Morgan fingerprint density at radius 3 is 2.39 bits per heavy atom. The number of nitrogens with one attached hydrogen (secondary N) is 1. The lowest BCUT2D eigenvalue weighted by atomic mass is 9.92. The molecular formula is C20H32ClN3O3S. The summed E-state index contributed by atoms with van der Waals surface area (Å²) < 4.78 is 21.2. The summed E-state index contributed by atoms with van der Waals surface area (Å²) in [5, 5.41) is 0. The fourth-order valence-electron chi connectivity index (χ4n) is 4.38. The van der Waals surface area contributed by atoms with Gasteiger partial charge in [0.05, 0.1) is 0 Å².